The molecule has 7 nitrogen and oxygen atoms in total. The van der Waals surface area contributed by atoms with Crippen molar-refractivity contribution in [2.24, 2.45) is 0 Å². The van der Waals surface area contributed by atoms with E-state index in [2.05, 4.69) is 22.8 Å². The summed E-state index contributed by atoms with van der Waals surface area (Å²) in [6.45, 7) is 2.05. The van der Waals surface area contributed by atoms with Crippen LogP contribution in [0.25, 0.3) is 22.2 Å². The lowest BCUT2D eigenvalue weighted by atomic mass is 10.1. The predicted molar refractivity (Wildman–Crippen MR) is 131 cm³/mol. The van der Waals surface area contributed by atoms with Gasteiger partial charge in [-0.2, -0.15) is 0 Å². The Morgan fingerprint density at radius 1 is 0.788 bits per heavy atom. The molecule has 3 aromatic carbocycles. The van der Waals surface area contributed by atoms with E-state index in [0.717, 1.165) is 22.2 Å². The molecule has 0 saturated carbocycles. The summed E-state index contributed by atoms with van der Waals surface area (Å²) in [6, 6.07) is 20.4. The fourth-order valence-electron chi connectivity index (χ4n) is 3.50. The maximum Gasteiger partial charge on any atom is 0.323 e. The summed E-state index contributed by atoms with van der Waals surface area (Å²) in [5.74, 6) is 1.81. The van der Waals surface area contributed by atoms with E-state index in [4.69, 9.17) is 19.2 Å². The highest BCUT2D eigenvalue weighted by Gasteiger charge is 2.12. The van der Waals surface area contributed by atoms with Crippen LogP contribution in [0.4, 0.5) is 16.2 Å². The molecule has 1 aromatic heterocycles. The minimum absolute atomic E-state index is 0.402. The van der Waals surface area contributed by atoms with Crippen LogP contribution < -0.4 is 24.8 Å². The van der Waals surface area contributed by atoms with E-state index in [9.17, 15) is 4.79 Å². The van der Waals surface area contributed by atoms with Crippen molar-refractivity contribution >= 4 is 28.3 Å². The molecule has 0 aliphatic rings. The normalized spacial score (nSPS) is 10.5. The third-order valence-electron chi connectivity index (χ3n) is 5.25. The molecule has 4 aromatic rings. The van der Waals surface area contributed by atoms with Crippen LogP contribution in [0.5, 0.6) is 17.2 Å². The molecule has 0 atom stereocenters. The number of methoxy groups -OCH3 is 3. The SMILES string of the molecule is COc1ccc(NC(=O)Nc2ccc3nc(-c4ccc(C)cc4)cc(OC)c3c2)c(OC)c1. The van der Waals surface area contributed by atoms with Gasteiger partial charge in [-0.1, -0.05) is 29.8 Å². The van der Waals surface area contributed by atoms with E-state index in [0.29, 0.717) is 28.6 Å². The van der Waals surface area contributed by atoms with Gasteiger partial charge in [-0.25, -0.2) is 9.78 Å². The van der Waals surface area contributed by atoms with Crippen LogP contribution in [-0.4, -0.2) is 32.3 Å². The molecule has 0 aliphatic heterocycles. The molecule has 0 aliphatic carbocycles. The Hall–Kier alpha value is -4.26. The van der Waals surface area contributed by atoms with Gasteiger partial charge in [0.1, 0.15) is 17.2 Å². The topological polar surface area (TPSA) is 81.7 Å². The number of carbonyl (C=O) groups excluding carboxylic acids is 1. The Morgan fingerprint density at radius 3 is 2.24 bits per heavy atom. The zero-order chi connectivity index (χ0) is 23.4. The van der Waals surface area contributed by atoms with E-state index in [1.165, 1.54) is 12.7 Å². The molecule has 7 heteroatoms. The van der Waals surface area contributed by atoms with Crippen LogP contribution in [0.1, 0.15) is 5.56 Å². The first-order chi connectivity index (χ1) is 16.0. The van der Waals surface area contributed by atoms with Gasteiger partial charge < -0.3 is 24.8 Å². The van der Waals surface area contributed by atoms with Crippen LogP contribution in [-0.2, 0) is 0 Å². The predicted octanol–water partition coefficient (Wildman–Crippen LogP) is 5.88. The van der Waals surface area contributed by atoms with Crippen molar-refractivity contribution in [3.63, 3.8) is 0 Å². The average molecular weight is 444 g/mol. The molecule has 1 heterocycles. The van der Waals surface area contributed by atoms with Gasteiger partial charge in [0, 0.05) is 28.8 Å². The fourth-order valence-corrected chi connectivity index (χ4v) is 3.50. The molecule has 2 amide bonds. The number of nitrogens with zero attached hydrogens (tertiary/aromatic N) is 1. The quantitative estimate of drug-likeness (QED) is 0.389. The molecule has 2 N–H and O–H groups in total. The number of fused-ring (bicyclic) bond motifs is 1. The van der Waals surface area contributed by atoms with Gasteiger partial charge in [-0.15, -0.1) is 0 Å². The molecule has 0 unspecified atom stereocenters. The molecule has 0 spiro atoms. The molecule has 168 valence electrons. The van der Waals surface area contributed by atoms with Gasteiger partial charge in [-0.05, 0) is 37.3 Å². The van der Waals surface area contributed by atoms with E-state index in [-0.39, 0.29) is 0 Å². The van der Waals surface area contributed by atoms with Gasteiger partial charge in [-0.3, -0.25) is 0 Å². The number of amides is 2. The number of pyridine rings is 1. The second-order valence-electron chi connectivity index (χ2n) is 7.45. The highest BCUT2D eigenvalue weighted by Crippen LogP contribution is 2.32. The highest BCUT2D eigenvalue weighted by molar-refractivity contribution is 6.02. The lowest BCUT2D eigenvalue weighted by molar-refractivity contribution is 0.262. The number of nitrogens with one attached hydrogen (secondary N) is 2. The molecule has 33 heavy (non-hydrogen) atoms. The smallest absolute Gasteiger partial charge is 0.323 e. The van der Waals surface area contributed by atoms with Crippen molar-refractivity contribution in [3.05, 3.63) is 72.3 Å². The number of anilines is 2. The van der Waals surface area contributed by atoms with E-state index in [1.807, 2.05) is 37.3 Å². The molecule has 0 radical (unpaired) electrons. The molecular formula is C26H25N3O4. The van der Waals surface area contributed by atoms with Crippen LogP contribution >= 0.6 is 0 Å². The lowest BCUT2D eigenvalue weighted by Crippen LogP contribution is -2.19. The Labute approximate surface area is 192 Å². The summed E-state index contributed by atoms with van der Waals surface area (Å²) in [7, 11) is 4.73. The molecule has 0 bridgehead atoms. The number of ether oxygens (including phenoxy) is 3. The van der Waals surface area contributed by atoms with Crippen LogP contribution in [0.3, 0.4) is 0 Å². The Kier molecular flexibility index (Phi) is 6.31. The molecule has 0 fully saturated rings. The van der Waals surface area contributed by atoms with Crippen molar-refractivity contribution in [1.29, 1.82) is 0 Å². The number of urea groups is 1. The second-order valence-corrected chi connectivity index (χ2v) is 7.45. The Balaban J connectivity index is 1.58. The number of hydrogen-bond acceptors (Lipinski definition) is 5. The summed E-state index contributed by atoms with van der Waals surface area (Å²) < 4.78 is 16.1. The average Bonchev–Trinajstić information content (AvgIpc) is 2.84. The van der Waals surface area contributed by atoms with Gasteiger partial charge in [0.05, 0.1) is 38.2 Å². The summed E-state index contributed by atoms with van der Waals surface area (Å²) in [5.41, 5.74) is 4.93. The van der Waals surface area contributed by atoms with Crippen LogP contribution in [0.15, 0.2) is 66.7 Å². The number of benzene rings is 3. The van der Waals surface area contributed by atoms with Crippen molar-refractivity contribution in [2.75, 3.05) is 32.0 Å². The summed E-state index contributed by atoms with van der Waals surface area (Å²) in [4.78, 5) is 17.4. The minimum Gasteiger partial charge on any atom is -0.497 e. The van der Waals surface area contributed by atoms with Crippen molar-refractivity contribution in [2.45, 2.75) is 6.92 Å². The maximum atomic E-state index is 12.6. The van der Waals surface area contributed by atoms with E-state index >= 15 is 0 Å². The standard InChI is InChI=1S/C26H25N3O4/c1-16-5-7-17(8-6-16)23-15-24(32-3)20-13-18(9-11-21(20)28-23)27-26(30)29-22-12-10-19(31-2)14-25(22)33-4/h5-15H,1-4H3,(H2,27,29,30). The molecule has 0 saturated heterocycles. The van der Waals surface area contributed by atoms with Gasteiger partial charge in [0.25, 0.3) is 0 Å². The van der Waals surface area contributed by atoms with Gasteiger partial charge in [0.15, 0.2) is 0 Å². The third kappa shape index (κ3) is 4.82. The number of rotatable bonds is 6. The fraction of sp³-hybridized carbons (Fsp3) is 0.154. The maximum absolute atomic E-state index is 12.6. The Bertz CT molecular complexity index is 1300. The van der Waals surface area contributed by atoms with Crippen LogP contribution in [0.2, 0.25) is 0 Å². The highest BCUT2D eigenvalue weighted by atomic mass is 16.5. The number of carbonyl (C=O) groups is 1. The third-order valence-corrected chi connectivity index (χ3v) is 5.25. The van der Waals surface area contributed by atoms with Gasteiger partial charge in [0.2, 0.25) is 0 Å². The lowest BCUT2D eigenvalue weighted by Gasteiger charge is -2.13. The largest absolute Gasteiger partial charge is 0.497 e. The first-order valence-electron chi connectivity index (χ1n) is 10.4. The van der Waals surface area contributed by atoms with Crippen molar-refractivity contribution in [1.82, 2.24) is 4.98 Å². The van der Waals surface area contributed by atoms with Crippen LogP contribution in [0, 0.1) is 6.92 Å². The van der Waals surface area contributed by atoms with Crippen molar-refractivity contribution in [3.8, 4) is 28.5 Å². The first-order valence-corrected chi connectivity index (χ1v) is 10.4. The summed E-state index contributed by atoms with van der Waals surface area (Å²) in [5, 5.41) is 6.44. The summed E-state index contributed by atoms with van der Waals surface area (Å²) in [6.07, 6.45) is 0. The van der Waals surface area contributed by atoms with E-state index in [1.54, 1.807) is 38.5 Å². The second kappa shape index (κ2) is 9.48. The number of aryl methyl sites for hydroxylation is 1. The molecular weight excluding hydrogens is 418 g/mol. The zero-order valence-electron chi connectivity index (χ0n) is 18.9. The van der Waals surface area contributed by atoms with E-state index < -0.39 is 6.03 Å². The number of hydrogen-bond donors (Lipinski definition) is 2. The Morgan fingerprint density at radius 2 is 1.55 bits per heavy atom. The first kappa shape index (κ1) is 22.0. The van der Waals surface area contributed by atoms with Crippen molar-refractivity contribution < 1.29 is 19.0 Å². The minimum atomic E-state index is -0.402. The number of aromatic nitrogens is 1. The zero-order valence-corrected chi connectivity index (χ0v) is 18.9. The molecule has 4 rings (SSSR count). The van der Waals surface area contributed by atoms with Gasteiger partial charge >= 0.3 is 6.03 Å². The summed E-state index contributed by atoms with van der Waals surface area (Å²) >= 11 is 0. The monoisotopic (exact) mass is 443 g/mol.